The lowest BCUT2D eigenvalue weighted by Crippen LogP contribution is -2.64. The molecule has 154 valence electrons. The van der Waals surface area contributed by atoms with Crippen LogP contribution in [0.1, 0.15) is 20.8 Å². The number of hydrogen-bond acceptors (Lipinski definition) is 5. The molecule has 2 atom stereocenters. The van der Waals surface area contributed by atoms with E-state index in [0.717, 1.165) is 30.5 Å². The second-order valence-corrected chi connectivity index (χ2v) is 8.42. The fourth-order valence-electron chi connectivity index (χ4n) is 4.21. The number of amides is 3. The van der Waals surface area contributed by atoms with Crippen molar-refractivity contribution in [2.45, 2.75) is 26.8 Å². The van der Waals surface area contributed by atoms with Gasteiger partial charge in [0.2, 0.25) is 11.9 Å². The lowest BCUT2D eigenvalue weighted by atomic mass is 10.1. The number of benzene rings is 1. The summed E-state index contributed by atoms with van der Waals surface area (Å²) in [6, 6.07) is 6.97. The van der Waals surface area contributed by atoms with Crippen LogP contribution in [0.3, 0.4) is 0 Å². The molecule has 8 heteroatoms. The smallest absolute Gasteiger partial charge is 0.397 e. The van der Waals surface area contributed by atoms with E-state index in [2.05, 4.69) is 11.8 Å². The second-order valence-electron chi connectivity index (χ2n) is 8.42. The average Bonchev–Trinajstić information content (AvgIpc) is 3.08. The Bertz CT molecular complexity index is 905. The Morgan fingerprint density at radius 1 is 1.24 bits per heavy atom. The first-order valence-corrected chi connectivity index (χ1v) is 10.0. The zero-order valence-corrected chi connectivity index (χ0v) is 17.6. The van der Waals surface area contributed by atoms with E-state index in [0.29, 0.717) is 18.3 Å². The van der Waals surface area contributed by atoms with Crippen LogP contribution in [0.5, 0.6) is 5.75 Å². The highest BCUT2D eigenvalue weighted by Gasteiger charge is 2.55. The van der Waals surface area contributed by atoms with Gasteiger partial charge in [0.15, 0.2) is 0 Å². The van der Waals surface area contributed by atoms with Crippen molar-refractivity contribution in [3.63, 3.8) is 0 Å². The lowest BCUT2D eigenvalue weighted by Gasteiger charge is -2.36. The van der Waals surface area contributed by atoms with E-state index in [9.17, 15) is 9.59 Å². The molecule has 3 aliphatic heterocycles. The Labute approximate surface area is 171 Å². The third-order valence-corrected chi connectivity index (χ3v) is 5.56. The van der Waals surface area contributed by atoms with Crippen molar-refractivity contribution in [1.29, 1.82) is 0 Å². The van der Waals surface area contributed by atoms with Crippen LogP contribution in [-0.4, -0.2) is 77.9 Å². The van der Waals surface area contributed by atoms with Gasteiger partial charge in [-0.3, -0.25) is 14.6 Å². The molecular formula is C21H28N5O3+. The van der Waals surface area contributed by atoms with E-state index in [1.807, 2.05) is 42.7 Å². The van der Waals surface area contributed by atoms with Crippen LogP contribution in [-0.2, 0) is 4.79 Å². The van der Waals surface area contributed by atoms with Gasteiger partial charge in [-0.15, -0.1) is 0 Å². The number of urea groups is 1. The summed E-state index contributed by atoms with van der Waals surface area (Å²) in [5.41, 5.74) is 0.987. The van der Waals surface area contributed by atoms with E-state index in [1.54, 1.807) is 14.2 Å². The highest BCUT2D eigenvalue weighted by molar-refractivity contribution is 6.24. The number of imide groups is 1. The van der Waals surface area contributed by atoms with E-state index in [1.165, 1.54) is 9.80 Å². The molecule has 0 saturated carbocycles. The number of hydrogen-bond donors (Lipinski definition) is 0. The summed E-state index contributed by atoms with van der Waals surface area (Å²) in [6.45, 7) is 8.10. The molecule has 0 bridgehead atoms. The van der Waals surface area contributed by atoms with Gasteiger partial charge in [-0.05, 0) is 30.2 Å². The lowest BCUT2D eigenvalue weighted by molar-refractivity contribution is -0.545. The van der Waals surface area contributed by atoms with E-state index in [4.69, 9.17) is 9.73 Å². The highest BCUT2D eigenvalue weighted by Crippen LogP contribution is 2.29. The van der Waals surface area contributed by atoms with E-state index < -0.39 is 6.04 Å². The first kappa shape index (κ1) is 19.4. The van der Waals surface area contributed by atoms with E-state index in [-0.39, 0.29) is 17.9 Å². The van der Waals surface area contributed by atoms with Crippen molar-refractivity contribution in [1.82, 2.24) is 9.80 Å². The molecule has 2 unspecified atom stereocenters. The maximum absolute atomic E-state index is 13.3. The average molecular weight is 398 g/mol. The molecule has 0 N–H and O–H groups in total. The van der Waals surface area contributed by atoms with Crippen molar-refractivity contribution in [2.75, 3.05) is 38.7 Å². The molecule has 0 spiro atoms. The van der Waals surface area contributed by atoms with Crippen molar-refractivity contribution in [3.8, 4) is 5.75 Å². The number of amidine groups is 1. The normalized spacial score (nSPS) is 24.2. The maximum atomic E-state index is 13.3. The van der Waals surface area contributed by atoms with Crippen LogP contribution in [0.15, 0.2) is 29.3 Å². The number of nitrogens with zero attached hydrogens (tertiary/aromatic N) is 5. The van der Waals surface area contributed by atoms with Gasteiger partial charge in [-0.2, -0.15) is 0 Å². The molecule has 1 saturated heterocycles. The molecule has 4 rings (SSSR count). The van der Waals surface area contributed by atoms with Crippen LogP contribution in [0, 0.1) is 11.8 Å². The Morgan fingerprint density at radius 2 is 1.93 bits per heavy atom. The third kappa shape index (κ3) is 3.16. The zero-order chi connectivity index (χ0) is 20.9. The minimum Gasteiger partial charge on any atom is -0.497 e. The predicted octanol–water partition coefficient (Wildman–Crippen LogP) is 1.85. The van der Waals surface area contributed by atoms with Gasteiger partial charge >= 0.3 is 12.0 Å². The Hall–Kier alpha value is -2.90. The van der Waals surface area contributed by atoms with Gasteiger partial charge in [0, 0.05) is 19.5 Å². The second kappa shape index (κ2) is 7.17. The number of likely N-dealkylation sites (N-methyl/N-ethyl adjacent to an activating group) is 1. The monoisotopic (exact) mass is 398 g/mol. The molecule has 0 aliphatic carbocycles. The van der Waals surface area contributed by atoms with Crippen LogP contribution in [0.4, 0.5) is 10.5 Å². The van der Waals surface area contributed by atoms with Crippen LogP contribution < -0.4 is 9.64 Å². The number of carbonyl (C=O) groups excluding carboxylic acids is 2. The maximum Gasteiger partial charge on any atom is 0.397 e. The SMILES string of the molecule is COc1ccc(N2CC(C)C[N+]3=C2N=C2C3C(=O)N(CC(C)C)C(=O)N2C)cc1. The molecule has 3 aliphatic rings. The molecule has 3 heterocycles. The Balaban J connectivity index is 1.75. The Kier molecular flexibility index (Phi) is 4.80. The zero-order valence-electron chi connectivity index (χ0n) is 17.6. The summed E-state index contributed by atoms with van der Waals surface area (Å²) in [7, 11) is 3.34. The molecule has 3 amide bonds. The Morgan fingerprint density at radius 3 is 2.55 bits per heavy atom. The van der Waals surface area contributed by atoms with Gasteiger partial charge in [-0.1, -0.05) is 25.8 Å². The van der Waals surface area contributed by atoms with Crippen molar-refractivity contribution < 1.29 is 18.9 Å². The fraction of sp³-hybridized carbons (Fsp3) is 0.524. The van der Waals surface area contributed by atoms with Crippen molar-refractivity contribution >= 4 is 29.4 Å². The van der Waals surface area contributed by atoms with Crippen LogP contribution in [0.25, 0.3) is 0 Å². The largest absolute Gasteiger partial charge is 0.497 e. The van der Waals surface area contributed by atoms with Gasteiger partial charge in [0.1, 0.15) is 11.4 Å². The first-order valence-electron chi connectivity index (χ1n) is 10.0. The van der Waals surface area contributed by atoms with Crippen molar-refractivity contribution in [2.24, 2.45) is 16.8 Å². The molecular weight excluding hydrogens is 370 g/mol. The summed E-state index contributed by atoms with van der Waals surface area (Å²) < 4.78 is 7.32. The fourth-order valence-corrected chi connectivity index (χ4v) is 4.21. The number of methoxy groups -OCH3 is 1. The molecule has 8 nitrogen and oxygen atoms in total. The summed E-state index contributed by atoms with van der Waals surface area (Å²) >= 11 is 0. The minimum atomic E-state index is -0.546. The van der Waals surface area contributed by atoms with Gasteiger partial charge in [0.05, 0.1) is 20.2 Å². The predicted molar refractivity (Wildman–Crippen MR) is 111 cm³/mol. The molecule has 1 fully saturated rings. The number of carbonyl (C=O) groups is 2. The van der Waals surface area contributed by atoms with E-state index >= 15 is 0 Å². The molecule has 1 aromatic carbocycles. The number of rotatable bonds is 4. The molecule has 0 radical (unpaired) electrons. The first-order chi connectivity index (χ1) is 13.8. The molecule has 29 heavy (non-hydrogen) atoms. The topological polar surface area (TPSA) is 68.5 Å². The van der Waals surface area contributed by atoms with Gasteiger partial charge < -0.3 is 4.74 Å². The summed E-state index contributed by atoms with van der Waals surface area (Å²) in [6.07, 6.45) is 0. The summed E-state index contributed by atoms with van der Waals surface area (Å²) in [5.74, 6) is 2.40. The minimum absolute atomic E-state index is 0.181. The summed E-state index contributed by atoms with van der Waals surface area (Å²) in [5, 5.41) is 0. The third-order valence-electron chi connectivity index (χ3n) is 5.56. The number of aliphatic imine (C=N–C) groups is 1. The highest BCUT2D eigenvalue weighted by atomic mass is 16.5. The molecule has 0 aromatic heterocycles. The number of anilines is 1. The summed E-state index contributed by atoms with van der Waals surface area (Å²) in [4.78, 5) is 35.9. The standard InChI is InChI=1S/C21H28N5O3/c1-13(2)10-26-19(27)17-18(23(4)21(26)28)22-20-24(11-14(3)12-25(17)20)15-6-8-16(29-5)9-7-15/h6-9,13-14,17H,10-12H2,1-5H3/q+1. The number of guanidine groups is 1. The number of fused-ring (bicyclic) bond motifs is 2. The quantitative estimate of drug-likeness (QED) is 0.726. The van der Waals surface area contributed by atoms with Crippen LogP contribution in [0.2, 0.25) is 0 Å². The van der Waals surface area contributed by atoms with Crippen molar-refractivity contribution in [3.05, 3.63) is 24.3 Å². The van der Waals surface area contributed by atoms with Gasteiger partial charge in [0.25, 0.3) is 5.91 Å². The van der Waals surface area contributed by atoms with Gasteiger partial charge in [-0.25, -0.2) is 14.3 Å². The molecule has 1 aromatic rings. The number of ether oxygens (including phenoxy) is 1. The van der Waals surface area contributed by atoms with Crippen LogP contribution >= 0.6 is 0 Å².